The van der Waals surface area contributed by atoms with Gasteiger partial charge in [-0.3, -0.25) is 4.90 Å². The first-order chi connectivity index (χ1) is 6.68. The van der Waals surface area contributed by atoms with Crippen molar-refractivity contribution in [2.24, 2.45) is 11.8 Å². The van der Waals surface area contributed by atoms with Crippen LogP contribution in [0.15, 0.2) is 0 Å². The summed E-state index contributed by atoms with van der Waals surface area (Å²) in [6.45, 7) is 9.76. The van der Waals surface area contributed by atoms with Crippen molar-refractivity contribution in [2.75, 3.05) is 13.1 Å². The van der Waals surface area contributed by atoms with Crippen molar-refractivity contribution < 1.29 is 0 Å². The van der Waals surface area contributed by atoms with E-state index in [0.29, 0.717) is 5.54 Å². The number of likely N-dealkylation sites (tertiary alicyclic amines) is 1. The van der Waals surface area contributed by atoms with Crippen LogP contribution in [0.25, 0.3) is 0 Å². The third-order valence-electron chi connectivity index (χ3n) is 4.69. The minimum atomic E-state index is 0.643. The van der Waals surface area contributed by atoms with Gasteiger partial charge in [0, 0.05) is 5.54 Å². The molecule has 0 bridgehead atoms. The lowest BCUT2D eigenvalue weighted by Gasteiger charge is -2.35. The van der Waals surface area contributed by atoms with E-state index in [2.05, 4.69) is 25.7 Å². The van der Waals surface area contributed by atoms with E-state index < -0.39 is 0 Å². The number of hydrogen-bond acceptors (Lipinski definition) is 1. The molecule has 1 saturated heterocycles. The standard InChI is InChI=1S/C13H25N/c1-4-14-9-5-7-13(14)8-6-12(10-13)11(2)3/h11-12H,4-10H2,1-3H3. The van der Waals surface area contributed by atoms with Gasteiger partial charge in [0.1, 0.15) is 0 Å². The normalized spacial score (nSPS) is 39.0. The fourth-order valence-electron chi connectivity index (χ4n) is 3.72. The molecule has 0 aromatic heterocycles. The summed E-state index contributed by atoms with van der Waals surface area (Å²) >= 11 is 0. The van der Waals surface area contributed by atoms with Crippen LogP contribution >= 0.6 is 0 Å². The first-order valence-electron chi connectivity index (χ1n) is 6.43. The average molecular weight is 195 g/mol. The molecular formula is C13H25N. The molecule has 2 unspecified atom stereocenters. The van der Waals surface area contributed by atoms with Crippen LogP contribution in [-0.4, -0.2) is 23.5 Å². The van der Waals surface area contributed by atoms with Crippen molar-refractivity contribution in [3.63, 3.8) is 0 Å². The maximum atomic E-state index is 2.76. The quantitative estimate of drug-likeness (QED) is 0.653. The molecule has 0 N–H and O–H groups in total. The molecule has 1 saturated carbocycles. The molecule has 1 aliphatic carbocycles. The lowest BCUT2D eigenvalue weighted by Crippen LogP contribution is -2.41. The summed E-state index contributed by atoms with van der Waals surface area (Å²) in [5.74, 6) is 1.90. The predicted molar refractivity (Wildman–Crippen MR) is 61.4 cm³/mol. The Hall–Kier alpha value is -0.0400. The Labute approximate surface area is 88.9 Å². The van der Waals surface area contributed by atoms with Crippen LogP contribution in [0.5, 0.6) is 0 Å². The lowest BCUT2D eigenvalue weighted by atomic mass is 9.89. The molecule has 0 aromatic rings. The molecule has 0 radical (unpaired) electrons. The fourth-order valence-corrected chi connectivity index (χ4v) is 3.72. The van der Waals surface area contributed by atoms with Crippen LogP contribution in [0.4, 0.5) is 0 Å². The van der Waals surface area contributed by atoms with Gasteiger partial charge in [-0.15, -0.1) is 0 Å². The van der Waals surface area contributed by atoms with Gasteiger partial charge in [0.05, 0.1) is 0 Å². The number of hydrogen-bond donors (Lipinski definition) is 0. The summed E-state index contributed by atoms with van der Waals surface area (Å²) in [6.07, 6.45) is 7.36. The predicted octanol–water partition coefficient (Wildman–Crippen LogP) is 3.30. The molecule has 0 amide bonds. The topological polar surface area (TPSA) is 3.24 Å². The number of rotatable bonds is 2. The van der Waals surface area contributed by atoms with Gasteiger partial charge in [0.2, 0.25) is 0 Å². The molecule has 2 aliphatic rings. The Morgan fingerprint density at radius 2 is 2.14 bits per heavy atom. The Balaban J connectivity index is 2.04. The molecule has 1 heterocycles. The molecule has 82 valence electrons. The first-order valence-corrected chi connectivity index (χ1v) is 6.43. The van der Waals surface area contributed by atoms with Crippen molar-refractivity contribution in [3.05, 3.63) is 0 Å². The van der Waals surface area contributed by atoms with E-state index in [1.165, 1.54) is 45.2 Å². The molecule has 2 atom stereocenters. The van der Waals surface area contributed by atoms with Crippen molar-refractivity contribution in [1.82, 2.24) is 4.90 Å². The second kappa shape index (κ2) is 3.84. The van der Waals surface area contributed by atoms with E-state index in [1.807, 2.05) is 0 Å². The fraction of sp³-hybridized carbons (Fsp3) is 1.00. The van der Waals surface area contributed by atoms with Crippen molar-refractivity contribution in [1.29, 1.82) is 0 Å². The van der Waals surface area contributed by atoms with Gasteiger partial charge in [0.25, 0.3) is 0 Å². The second-order valence-corrected chi connectivity index (χ2v) is 5.65. The van der Waals surface area contributed by atoms with E-state index in [9.17, 15) is 0 Å². The second-order valence-electron chi connectivity index (χ2n) is 5.65. The largest absolute Gasteiger partial charge is 0.298 e. The summed E-state index contributed by atoms with van der Waals surface area (Å²) in [5, 5.41) is 0. The highest BCUT2D eigenvalue weighted by Crippen LogP contribution is 2.47. The highest BCUT2D eigenvalue weighted by molar-refractivity contribution is 5.01. The highest BCUT2D eigenvalue weighted by Gasteiger charge is 2.45. The summed E-state index contributed by atoms with van der Waals surface area (Å²) in [6, 6.07) is 0. The van der Waals surface area contributed by atoms with Crippen LogP contribution in [0, 0.1) is 11.8 Å². The Bertz CT molecular complexity index is 199. The van der Waals surface area contributed by atoms with Crippen LogP contribution < -0.4 is 0 Å². The highest BCUT2D eigenvalue weighted by atomic mass is 15.2. The lowest BCUT2D eigenvalue weighted by molar-refractivity contribution is 0.142. The molecule has 14 heavy (non-hydrogen) atoms. The van der Waals surface area contributed by atoms with E-state index in [0.717, 1.165) is 11.8 Å². The van der Waals surface area contributed by atoms with Gasteiger partial charge in [-0.1, -0.05) is 20.8 Å². The summed E-state index contributed by atoms with van der Waals surface area (Å²) < 4.78 is 0. The molecule has 2 rings (SSSR count). The van der Waals surface area contributed by atoms with Gasteiger partial charge < -0.3 is 0 Å². The maximum Gasteiger partial charge on any atom is 0.0212 e. The van der Waals surface area contributed by atoms with Gasteiger partial charge in [-0.25, -0.2) is 0 Å². The summed E-state index contributed by atoms with van der Waals surface area (Å²) in [7, 11) is 0. The summed E-state index contributed by atoms with van der Waals surface area (Å²) in [4.78, 5) is 2.76. The number of nitrogens with zero attached hydrogens (tertiary/aromatic N) is 1. The smallest absolute Gasteiger partial charge is 0.0212 e. The molecule has 0 aromatic carbocycles. The van der Waals surface area contributed by atoms with E-state index >= 15 is 0 Å². The van der Waals surface area contributed by atoms with Gasteiger partial charge in [-0.05, 0) is 57.0 Å². The zero-order chi connectivity index (χ0) is 10.2. The Kier molecular flexibility index (Phi) is 2.88. The average Bonchev–Trinajstić information content (AvgIpc) is 2.74. The molecule has 1 heteroatoms. The SMILES string of the molecule is CCN1CCCC12CCC(C(C)C)C2. The third kappa shape index (κ3) is 1.60. The molecular weight excluding hydrogens is 170 g/mol. The van der Waals surface area contributed by atoms with Gasteiger partial charge in [-0.2, -0.15) is 0 Å². The Morgan fingerprint density at radius 1 is 1.36 bits per heavy atom. The minimum Gasteiger partial charge on any atom is -0.298 e. The van der Waals surface area contributed by atoms with Crippen molar-refractivity contribution in [2.45, 2.75) is 58.4 Å². The van der Waals surface area contributed by atoms with E-state index in [4.69, 9.17) is 0 Å². The van der Waals surface area contributed by atoms with Crippen LogP contribution in [0.2, 0.25) is 0 Å². The van der Waals surface area contributed by atoms with Crippen LogP contribution in [0.3, 0.4) is 0 Å². The van der Waals surface area contributed by atoms with Crippen molar-refractivity contribution in [3.8, 4) is 0 Å². The third-order valence-corrected chi connectivity index (χ3v) is 4.69. The van der Waals surface area contributed by atoms with E-state index in [1.54, 1.807) is 0 Å². The summed E-state index contributed by atoms with van der Waals surface area (Å²) in [5.41, 5.74) is 0.643. The first kappa shape index (κ1) is 10.5. The van der Waals surface area contributed by atoms with Gasteiger partial charge >= 0.3 is 0 Å². The molecule has 2 fully saturated rings. The van der Waals surface area contributed by atoms with E-state index in [-0.39, 0.29) is 0 Å². The molecule has 1 aliphatic heterocycles. The maximum absolute atomic E-state index is 2.76. The monoisotopic (exact) mass is 195 g/mol. The zero-order valence-electron chi connectivity index (χ0n) is 10.1. The van der Waals surface area contributed by atoms with Crippen molar-refractivity contribution >= 4 is 0 Å². The zero-order valence-corrected chi connectivity index (χ0v) is 10.1. The molecule has 1 spiro atoms. The van der Waals surface area contributed by atoms with Gasteiger partial charge in [0.15, 0.2) is 0 Å². The minimum absolute atomic E-state index is 0.643. The Morgan fingerprint density at radius 3 is 2.71 bits per heavy atom. The van der Waals surface area contributed by atoms with Crippen LogP contribution in [0.1, 0.15) is 52.9 Å². The molecule has 1 nitrogen and oxygen atoms in total. The van der Waals surface area contributed by atoms with Crippen LogP contribution in [-0.2, 0) is 0 Å².